The summed E-state index contributed by atoms with van der Waals surface area (Å²) in [5, 5.41) is 4.53. The maximum absolute atomic E-state index is 13.8. The fourth-order valence-corrected chi connectivity index (χ4v) is 9.50. The first kappa shape index (κ1) is 53.8. The number of carbonyl (C=O) groups excluding carboxylic acids is 2. The summed E-state index contributed by atoms with van der Waals surface area (Å²) in [6, 6.07) is -4.59. The molecule has 8 rings (SSSR count). The summed E-state index contributed by atoms with van der Waals surface area (Å²) in [7, 11) is 2.98. The molecule has 4 amide bonds. The Labute approximate surface area is 391 Å². The Kier molecular flexibility index (Phi) is 13.6. The van der Waals surface area contributed by atoms with Gasteiger partial charge in [-0.15, -0.1) is 0 Å². The lowest BCUT2D eigenvalue weighted by Gasteiger charge is -2.41. The van der Waals surface area contributed by atoms with Crippen LogP contribution in [0.3, 0.4) is 0 Å². The third-order valence-electron chi connectivity index (χ3n) is 12.3. The molecule has 4 N–H and O–H groups in total. The number of likely N-dealkylation sites (N-methyl/N-ethyl adjacent to an activating group) is 2. The summed E-state index contributed by atoms with van der Waals surface area (Å²) < 4.78 is 262. The minimum Gasteiger partial charge on any atom is -0.351 e. The van der Waals surface area contributed by atoms with Gasteiger partial charge < -0.3 is 25.5 Å². The summed E-state index contributed by atoms with van der Waals surface area (Å²) >= 11 is 0. The number of hydrogen-bond acceptors (Lipinski definition) is 4. The standard InChI is InChI=1S/C21H17F11N4O.C21H19F9N4O/c1-35-7-9(33-17(37)36(8-18(22,23)24)21(31,32)20(28,29)30)5-11-10-3-2-4-13-15(10)12(6-14(11)35)16(34-13)19(25,26)27;1-33-7-10(31-18(35)34(8-19(22,23)24)9-20(25,26)27)5-12-11-3-2-4-14-16(11)13(6-15(12)33)17(32-14)21(28,29)30/h2-5,9,14,34H,6-8H2,1H3,(H,33,37);2-5,10,15,32H,6-9H2,1H3,(H,31,35). The van der Waals surface area contributed by atoms with E-state index in [4.69, 9.17) is 0 Å². The third-order valence-corrected chi connectivity index (χ3v) is 12.3. The van der Waals surface area contributed by atoms with E-state index >= 15 is 0 Å². The van der Waals surface area contributed by atoms with Crippen molar-refractivity contribution in [3.8, 4) is 0 Å². The highest BCUT2D eigenvalue weighted by molar-refractivity contribution is 6.00. The number of aromatic amines is 2. The minimum absolute atomic E-state index is 0.0108. The van der Waals surface area contributed by atoms with Gasteiger partial charge in [-0.2, -0.15) is 87.8 Å². The number of amides is 4. The summed E-state index contributed by atoms with van der Waals surface area (Å²) in [6.45, 7) is -7.37. The van der Waals surface area contributed by atoms with Crippen molar-refractivity contribution >= 4 is 45.0 Å². The third kappa shape index (κ3) is 11.0. The maximum Gasteiger partial charge on any atom is 0.475 e. The number of rotatable bonds is 6. The number of nitrogens with one attached hydrogen (secondary N) is 4. The highest BCUT2D eigenvalue weighted by atomic mass is 19.4. The summed E-state index contributed by atoms with van der Waals surface area (Å²) in [5.41, 5.74) is 0.281. The van der Waals surface area contributed by atoms with Crippen molar-refractivity contribution in [3.05, 3.63) is 82.2 Å². The molecular weight excluding hydrogens is 1030 g/mol. The summed E-state index contributed by atoms with van der Waals surface area (Å²) in [6.07, 6.45) is -28.9. The van der Waals surface area contributed by atoms with Crippen LogP contribution >= 0.6 is 0 Å². The number of nitrogens with zero attached hydrogens (tertiary/aromatic N) is 4. The van der Waals surface area contributed by atoms with Gasteiger partial charge >= 0.3 is 55.2 Å². The van der Waals surface area contributed by atoms with Crippen LogP contribution in [0.4, 0.5) is 97.4 Å². The second-order valence-corrected chi connectivity index (χ2v) is 17.4. The van der Waals surface area contributed by atoms with Crippen molar-refractivity contribution in [3.63, 3.8) is 0 Å². The van der Waals surface area contributed by atoms with E-state index in [1.807, 2.05) is 0 Å². The molecule has 2 aromatic heterocycles. The molecule has 4 aromatic rings. The molecule has 2 aromatic carbocycles. The number of H-pyrrole nitrogens is 2. The first-order chi connectivity index (χ1) is 32.8. The molecule has 0 saturated carbocycles. The first-order valence-electron chi connectivity index (χ1n) is 20.9. The Balaban J connectivity index is 0.000000212. The zero-order valence-electron chi connectivity index (χ0n) is 36.5. The molecule has 0 saturated heterocycles. The molecule has 0 fully saturated rings. The van der Waals surface area contributed by atoms with Crippen LogP contribution in [0.1, 0.15) is 33.6 Å². The van der Waals surface area contributed by atoms with Crippen molar-refractivity contribution in [2.24, 2.45) is 0 Å². The van der Waals surface area contributed by atoms with E-state index in [9.17, 15) is 97.4 Å². The first-order valence-corrected chi connectivity index (χ1v) is 20.9. The lowest BCUT2D eigenvalue weighted by Crippen LogP contribution is -2.62. The van der Waals surface area contributed by atoms with Crippen LogP contribution in [0.5, 0.6) is 0 Å². The molecule has 0 spiro atoms. The average molecular weight is 1060 g/mol. The van der Waals surface area contributed by atoms with E-state index in [0.717, 1.165) is 0 Å². The van der Waals surface area contributed by atoms with E-state index in [0.29, 0.717) is 27.7 Å². The smallest absolute Gasteiger partial charge is 0.351 e. The van der Waals surface area contributed by atoms with Gasteiger partial charge in [0.25, 0.3) is 0 Å². The Morgan fingerprint density at radius 2 is 0.944 bits per heavy atom. The number of alkyl halides is 20. The molecule has 4 atom stereocenters. The second kappa shape index (κ2) is 18.2. The van der Waals surface area contributed by atoms with Gasteiger partial charge in [0.05, 0.1) is 12.1 Å². The molecular formula is C42H36F20N8O2. The van der Waals surface area contributed by atoms with Crippen LogP contribution in [0.25, 0.3) is 33.0 Å². The second-order valence-electron chi connectivity index (χ2n) is 17.4. The van der Waals surface area contributed by atoms with Gasteiger partial charge in [-0.05, 0) is 72.5 Å². The number of fused-ring (bicyclic) bond motifs is 4. The number of hydrogen-bond donors (Lipinski definition) is 4. The normalized spacial score (nSPS) is 21.0. The lowest BCUT2D eigenvalue weighted by molar-refractivity contribution is -0.338. The van der Waals surface area contributed by atoms with Crippen LogP contribution in [0, 0.1) is 0 Å². The predicted octanol–water partition coefficient (Wildman–Crippen LogP) is 10.5. The summed E-state index contributed by atoms with van der Waals surface area (Å²) in [5.74, 6) is 0. The number of halogens is 20. The Bertz CT molecular complexity index is 2760. The van der Waals surface area contributed by atoms with Gasteiger partial charge in [-0.3, -0.25) is 9.80 Å². The Morgan fingerprint density at radius 3 is 1.29 bits per heavy atom. The van der Waals surface area contributed by atoms with Gasteiger partial charge in [-0.25, -0.2) is 14.5 Å². The fraction of sp³-hybridized carbons (Fsp3) is 0.476. The molecule has 4 unspecified atom stereocenters. The van der Waals surface area contributed by atoms with E-state index < -0.39 is 115 Å². The number of benzene rings is 2. The molecule has 396 valence electrons. The monoisotopic (exact) mass is 1060 g/mol. The predicted molar refractivity (Wildman–Crippen MR) is 215 cm³/mol. The average Bonchev–Trinajstić information content (AvgIpc) is 3.80. The van der Waals surface area contributed by atoms with E-state index in [1.54, 1.807) is 23.3 Å². The SMILES string of the molecule is CN1CC(NC(=O)N(CC(F)(F)F)C(F)(F)C(F)(F)F)C=C2c3cccc4[nH]c(C(F)(F)F)c(c34)CC21.CN1CC(NC(=O)N(CC(F)(F)F)CC(F)(F)F)C=C2c3cccc4[nH]c(C(F)(F)F)c(c34)CC21. The molecule has 0 bridgehead atoms. The van der Waals surface area contributed by atoms with Gasteiger partial charge in [0, 0.05) is 47.0 Å². The van der Waals surface area contributed by atoms with Crippen LogP contribution in [0.15, 0.2) is 48.6 Å². The van der Waals surface area contributed by atoms with Crippen LogP contribution < -0.4 is 10.6 Å². The molecule has 4 heterocycles. The molecule has 72 heavy (non-hydrogen) atoms. The van der Waals surface area contributed by atoms with Crippen molar-refractivity contribution in [1.82, 2.24) is 40.2 Å². The Morgan fingerprint density at radius 1 is 0.569 bits per heavy atom. The fourth-order valence-electron chi connectivity index (χ4n) is 9.50. The van der Waals surface area contributed by atoms with Gasteiger partial charge in [0.2, 0.25) is 0 Å². The quantitative estimate of drug-likeness (QED) is 0.114. The van der Waals surface area contributed by atoms with Crippen molar-refractivity contribution in [2.45, 2.75) is 80.1 Å². The maximum atomic E-state index is 13.8. The zero-order valence-corrected chi connectivity index (χ0v) is 36.5. The van der Waals surface area contributed by atoms with Gasteiger partial charge in [0.15, 0.2) is 0 Å². The lowest BCUT2D eigenvalue weighted by atomic mass is 9.80. The molecule has 10 nitrogen and oxygen atoms in total. The van der Waals surface area contributed by atoms with Gasteiger partial charge in [-0.1, -0.05) is 36.4 Å². The van der Waals surface area contributed by atoms with Crippen LogP contribution in [0.2, 0.25) is 0 Å². The molecule has 2 aliphatic carbocycles. The minimum atomic E-state index is -6.48. The largest absolute Gasteiger partial charge is 0.475 e. The molecule has 30 heteroatoms. The van der Waals surface area contributed by atoms with Crippen molar-refractivity contribution < 1.29 is 97.4 Å². The molecule has 0 radical (unpaired) electrons. The summed E-state index contributed by atoms with van der Waals surface area (Å²) in [4.78, 5) is 30.5. The number of urea groups is 2. The molecule has 2 aliphatic heterocycles. The number of aromatic nitrogens is 2. The number of carbonyl (C=O) groups is 2. The van der Waals surface area contributed by atoms with Gasteiger partial charge in [0.1, 0.15) is 31.0 Å². The highest BCUT2D eigenvalue weighted by Gasteiger charge is 2.65. The van der Waals surface area contributed by atoms with Crippen LogP contribution in [-0.2, 0) is 25.2 Å². The van der Waals surface area contributed by atoms with E-state index in [1.165, 1.54) is 54.4 Å². The molecule has 4 aliphatic rings. The Hall–Kier alpha value is -5.94. The van der Waals surface area contributed by atoms with E-state index in [-0.39, 0.29) is 58.4 Å². The highest BCUT2D eigenvalue weighted by Crippen LogP contribution is 2.47. The van der Waals surface area contributed by atoms with Crippen molar-refractivity contribution in [1.29, 1.82) is 0 Å². The zero-order chi connectivity index (χ0) is 53.6. The van der Waals surface area contributed by atoms with Crippen molar-refractivity contribution in [2.75, 3.05) is 46.8 Å². The van der Waals surface area contributed by atoms with E-state index in [2.05, 4.69) is 15.3 Å². The van der Waals surface area contributed by atoms with Crippen LogP contribution in [-0.4, -0.2) is 143 Å². The topological polar surface area (TPSA) is 103 Å².